The highest BCUT2D eigenvalue weighted by atomic mass is 127. The van der Waals surface area contributed by atoms with Gasteiger partial charge in [0, 0.05) is 38.8 Å². The van der Waals surface area contributed by atoms with Crippen LogP contribution in [0.25, 0.3) is 0 Å². The molecule has 1 aliphatic heterocycles. The monoisotopic (exact) mass is 499 g/mol. The summed E-state index contributed by atoms with van der Waals surface area (Å²) < 4.78 is 11.0. The Balaban J connectivity index is 0.00000280. The van der Waals surface area contributed by atoms with Gasteiger partial charge < -0.3 is 24.7 Å². The van der Waals surface area contributed by atoms with Gasteiger partial charge in [-0.05, 0) is 43.7 Å². The lowest BCUT2D eigenvalue weighted by atomic mass is 10.2. The average molecular weight is 499 g/mol. The first-order valence-corrected chi connectivity index (χ1v) is 9.60. The van der Waals surface area contributed by atoms with Gasteiger partial charge in [0.15, 0.2) is 5.96 Å². The quantitative estimate of drug-likeness (QED) is 0.347. The standard InChI is InChI=1S/C20H29N5O2.HI/c1-3-21-20(23-9-7-18-5-4-11-27-18)24-14-17-6-8-22-19(13-17)25-10-12-26-16(2)15-25;/h4-6,8,11,13,16H,3,7,9-10,12,14-15H2,1-2H3,(H2,21,23,24);1H. The van der Waals surface area contributed by atoms with Crippen LogP contribution in [-0.2, 0) is 17.7 Å². The molecule has 28 heavy (non-hydrogen) atoms. The number of hydrogen-bond donors (Lipinski definition) is 2. The van der Waals surface area contributed by atoms with Crippen LogP contribution in [0.2, 0.25) is 0 Å². The molecule has 3 rings (SSSR count). The summed E-state index contributed by atoms with van der Waals surface area (Å²) >= 11 is 0. The van der Waals surface area contributed by atoms with Gasteiger partial charge in [0.05, 0.1) is 25.5 Å². The number of aliphatic imine (C=N–C) groups is 1. The van der Waals surface area contributed by atoms with Gasteiger partial charge in [0.1, 0.15) is 11.6 Å². The van der Waals surface area contributed by atoms with E-state index in [0.29, 0.717) is 6.54 Å². The minimum absolute atomic E-state index is 0. The van der Waals surface area contributed by atoms with Gasteiger partial charge >= 0.3 is 0 Å². The van der Waals surface area contributed by atoms with Gasteiger partial charge in [-0.3, -0.25) is 0 Å². The zero-order chi connectivity index (χ0) is 18.9. The smallest absolute Gasteiger partial charge is 0.191 e. The normalized spacial score (nSPS) is 17.1. The molecule has 2 aromatic heterocycles. The molecule has 0 saturated carbocycles. The van der Waals surface area contributed by atoms with Crippen molar-refractivity contribution in [3.8, 4) is 0 Å². The first-order chi connectivity index (χ1) is 13.2. The van der Waals surface area contributed by atoms with Crippen LogP contribution in [0.1, 0.15) is 25.2 Å². The molecule has 0 amide bonds. The van der Waals surface area contributed by atoms with E-state index >= 15 is 0 Å². The first-order valence-electron chi connectivity index (χ1n) is 9.60. The largest absolute Gasteiger partial charge is 0.469 e. The Labute approximate surface area is 184 Å². The number of hydrogen-bond acceptors (Lipinski definition) is 5. The Bertz CT molecular complexity index is 723. The van der Waals surface area contributed by atoms with E-state index in [2.05, 4.69) is 40.4 Å². The molecule has 0 aromatic carbocycles. The Morgan fingerprint density at radius 3 is 3.00 bits per heavy atom. The highest BCUT2D eigenvalue weighted by Crippen LogP contribution is 2.16. The molecule has 1 fully saturated rings. The number of nitrogens with zero attached hydrogens (tertiary/aromatic N) is 3. The van der Waals surface area contributed by atoms with Crippen LogP contribution >= 0.6 is 24.0 Å². The van der Waals surface area contributed by atoms with Gasteiger partial charge in [-0.15, -0.1) is 24.0 Å². The number of halogens is 1. The Morgan fingerprint density at radius 1 is 1.36 bits per heavy atom. The first kappa shape index (κ1) is 22.5. The number of morpholine rings is 1. The SMILES string of the molecule is CCNC(=NCc1ccnc(N2CCOC(C)C2)c1)NCCc1ccco1.I. The second-order valence-electron chi connectivity index (χ2n) is 6.60. The summed E-state index contributed by atoms with van der Waals surface area (Å²) in [5.41, 5.74) is 1.14. The lowest BCUT2D eigenvalue weighted by Crippen LogP contribution is -2.41. The second kappa shape index (κ2) is 11.9. The van der Waals surface area contributed by atoms with Crippen molar-refractivity contribution in [1.82, 2.24) is 15.6 Å². The van der Waals surface area contributed by atoms with E-state index in [9.17, 15) is 0 Å². The number of anilines is 1. The van der Waals surface area contributed by atoms with E-state index in [4.69, 9.17) is 14.1 Å². The van der Waals surface area contributed by atoms with Crippen molar-refractivity contribution in [3.05, 3.63) is 48.0 Å². The van der Waals surface area contributed by atoms with Crippen molar-refractivity contribution in [2.45, 2.75) is 32.9 Å². The Kier molecular flexibility index (Phi) is 9.56. The molecule has 0 aliphatic carbocycles. The van der Waals surface area contributed by atoms with E-state index in [1.165, 1.54) is 0 Å². The molecule has 154 valence electrons. The van der Waals surface area contributed by atoms with E-state index in [1.54, 1.807) is 6.26 Å². The number of rotatable bonds is 7. The van der Waals surface area contributed by atoms with Crippen LogP contribution in [0.15, 0.2) is 46.1 Å². The molecule has 1 unspecified atom stereocenters. The molecule has 0 bridgehead atoms. The molecule has 0 radical (unpaired) electrons. The Hall–Kier alpha value is -1.81. The van der Waals surface area contributed by atoms with Crippen LogP contribution in [0.3, 0.4) is 0 Å². The molecular formula is C20H30IN5O2. The summed E-state index contributed by atoms with van der Waals surface area (Å²) in [5.74, 6) is 2.77. The maximum absolute atomic E-state index is 5.62. The molecule has 2 aromatic rings. The molecule has 0 spiro atoms. The molecule has 7 nitrogen and oxygen atoms in total. The minimum atomic E-state index is 0. The predicted octanol–water partition coefficient (Wildman–Crippen LogP) is 2.82. The van der Waals surface area contributed by atoms with Gasteiger partial charge in [0.25, 0.3) is 0 Å². The number of aromatic nitrogens is 1. The van der Waals surface area contributed by atoms with E-state index in [1.807, 2.05) is 24.4 Å². The fourth-order valence-corrected chi connectivity index (χ4v) is 3.03. The summed E-state index contributed by atoms with van der Waals surface area (Å²) in [6.07, 6.45) is 4.62. The fourth-order valence-electron chi connectivity index (χ4n) is 3.03. The summed E-state index contributed by atoms with van der Waals surface area (Å²) in [4.78, 5) is 11.5. The van der Waals surface area contributed by atoms with Crippen molar-refractivity contribution in [2.24, 2.45) is 4.99 Å². The van der Waals surface area contributed by atoms with E-state index < -0.39 is 0 Å². The molecule has 3 heterocycles. The molecule has 2 N–H and O–H groups in total. The third kappa shape index (κ3) is 6.97. The number of furan rings is 1. The van der Waals surface area contributed by atoms with Gasteiger partial charge in [0.2, 0.25) is 0 Å². The summed E-state index contributed by atoms with van der Waals surface area (Å²) in [5, 5.41) is 6.63. The summed E-state index contributed by atoms with van der Waals surface area (Å²) in [7, 11) is 0. The lowest BCUT2D eigenvalue weighted by Gasteiger charge is -2.32. The predicted molar refractivity (Wildman–Crippen MR) is 123 cm³/mol. The van der Waals surface area contributed by atoms with E-state index in [0.717, 1.165) is 62.3 Å². The summed E-state index contributed by atoms with van der Waals surface area (Å²) in [6, 6.07) is 8.03. The van der Waals surface area contributed by atoms with Crippen molar-refractivity contribution in [3.63, 3.8) is 0 Å². The van der Waals surface area contributed by atoms with Gasteiger partial charge in [-0.2, -0.15) is 0 Å². The van der Waals surface area contributed by atoms with Gasteiger partial charge in [-0.1, -0.05) is 0 Å². The van der Waals surface area contributed by atoms with Crippen LogP contribution in [0, 0.1) is 0 Å². The van der Waals surface area contributed by atoms with Crippen molar-refractivity contribution >= 4 is 35.8 Å². The zero-order valence-corrected chi connectivity index (χ0v) is 18.9. The molecule has 1 saturated heterocycles. The molecular weight excluding hydrogens is 469 g/mol. The maximum Gasteiger partial charge on any atom is 0.191 e. The fraction of sp³-hybridized carbons (Fsp3) is 0.500. The number of nitrogens with one attached hydrogen (secondary N) is 2. The lowest BCUT2D eigenvalue weighted by molar-refractivity contribution is 0.0529. The minimum Gasteiger partial charge on any atom is -0.469 e. The van der Waals surface area contributed by atoms with Crippen molar-refractivity contribution in [1.29, 1.82) is 0 Å². The highest BCUT2D eigenvalue weighted by Gasteiger charge is 2.17. The van der Waals surface area contributed by atoms with Crippen molar-refractivity contribution in [2.75, 3.05) is 37.7 Å². The van der Waals surface area contributed by atoms with Crippen LogP contribution in [-0.4, -0.2) is 49.8 Å². The third-order valence-electron chi connectivity index (χ3n) is 4.38. The number of ether oxygens (including phenoxy) is 1. The van der Waals surface area contributed by atoms with Gasteiger partial charge in [-0.25, -0.2) is 9.98 Å². The van der Waals surface area contributed by atoms with Crippen LogP contribution in [0.5, 0.6) is 0 Å². The summed E-state index contributed by atoms with van der Waals surface area (Å²) in [6.45, 7) is 8.84. The topological polar surface area (TPSA) is 74.9 Å². The van der Waals surface area contributed by atoms with Crippen LogP contribution < -0.4 is 15.5 Å². The second-order valence-corrected chi connectivity index (χ2v) is 6.60. The van der Waals surface area contributed by atoms with Crippen molar-refractivity contribution < 1.29 is 9.15 Å². The highest BCUT2D eigenvalue weighted by molar-refractivity contribution is 14.0. The average Bonchev–Trinajstić information content (AvgIpc) is 3.20. The maximum atomic E-state index is 5.62. The third-order valence-corrected chi connectivity index (χ3v) is 4.38. The number of pyridine rings is 1. The van der Waals surface area contributed by atoms with E-state index in [-0.39, 0.29) is 30.1 Å². The molecule has 1 aliphatic rings. The number of guanidine groups is 1. The molecule has 8 heteroatoms. The zero-order valence-electron chi connectivity index (χ0n) is 16.6. The Morgan fingerprint density at radius 2 is 2.25 bits per heavy atom. The van der Waals surface area contributed by atoms with Crippen LogP contribution in [0.4, 0.5) is 5.82 Å². The molecule has 1 atom stereocenters.